The molecule has 1 saturated carbocycles. The highest BCUT2D eigenvalue weighted by atomic mass is 16.5. The van der Waals surface area contributed by atoms with Crippen LogP contribution in [0.25, 0.3) is 21.8 Å². The second kappa shape index (κ2) is 8.05. The van der Waals surface area contributed by atoms with Crippen molar-refractivity contribution in [2.75, 3.05) is 11.9 Å². The van der Waals surface area contributed by atoms with E-state index in [4.69, 9.17) is 4.74 Å². The number of para-hydroxylation sites is 1. The number of ether oxygens (including phenoxy) is 1. The van der Waals surface area contributed by atoms with Crippen LogP contribution in [-0.2, 0) is 20.9 Å². The van der Waals surface area contributed by atoms with Crippen molar-refractivity contribution in [3.05, 3.63) is 42.5 Å². The van der Waals surface area contributed by atoms with Gasteiger partial charge in [0.25, 0.3) is 5.91 Å². The molecule has 146 valence electrons. The smallest absolute Gasteiger partial charge is 0.306 e. The number of nitrogens with one attached hydrogen (secondary N) is 1. The second-order valence-electron chi connectivity index (χ2n) is 7.56. The first-order valence-corrected chi connectivity index (χ1v) is 10.1. The van der Waals surface area contributed by atoms with Gasteiger partial charge in [0.05, 0.1) is 0 Å². The minimum Gasteiger partial charge on any atom is -0.456 e. The van der Waals surface area contributed by atoms with Crippen LogP contribution in [0.3, 0.4) is 0 Å². The normalized spacial score (nSPS) is 14.6. The number of rotatable bonds is 6. The van der Waals surface area contributed by atoms with Crippen LogP contribution in [0.4, 0.5) is 5.69 Å². The first-order valence-electron chi connectivity index (χ1n) is 10.1. The van der Waals surface area contributed by atoms with Gasteiger partial charge in [0.1, 0.15) is 0 Å². The summed E-state index contributed by atoms with van der Waals surface area (Å²) in [5, 5.41) is 5.12. The standard InChI is InChI=1S/C23H26N2O3/c1-2-25-20-10-6-5-9-18(20)19-14-17(11-12-21(19)25)24-22(26)15-28-23(27)13-16-7-3-4-8-16/h5-6,9-12,14,16H,2-4,7-8,13,15H2,1H3,(H,24,26). The molecule has 1 amide bonds. The molecule has 5 heteroatoms. The van der Waals surface area contributed by atoms with Gasteiger partial charge in [-0.1, -0.05) is 31.0 Å². The van der Waals surface area contributed by atoms with E-state index in [9.17, 15) is 9.59 Å². The molecule has 0 unspecified atom stereocenters. The summed E-state index contributed by atoms with van der Waals surface area (Å²) in [6.45, 7) is 2.77. The Labute approximate surface area is 164 Å². The zero-order valence-corrected chi connectivity index (χ0v) is 16.2. The fraction of sp³-hybridized carbons (Fsp3) is 0.391. The van der Waals surface area contributed by atoms with Crippen molar-refractivity contribution in [3.8, 4) is 0 Å². The predicted molar refractivity (Wildman–Crippen MR) is 111 cm³/mol. The monoisotopic (exact) mass is 378 g/mol. The summed E-state index contributed by atoms with van der Waals surface area (Å²) >= 11 is 0. The van der Waals surface area contributed by atoms with E-state index in [1.165, 1.54) is 23.7 Å². The molecular formula is C23H26N2O3. The number of carbonyl (C=O) groups is 2. The molecule has 0 aliphatic heterocycles. The summed E-state index contributed by atoms with van der Waals surface area (Å²) in [5.74, 6) is -0.157. The van der Waals surface area contributed by atoms with Crippen LogP contribution in [0.2, 0.25) is 0 Å². The Morgan fingerprint density at radius 3 is 2.61 bits per heavy atom. The molecule has 1 aliphatic carbocycles. The Kier molecular flexibility index (Phi) is 5.33. The lowest BCUT2D eigenvalue weighted by molar-refractivity contribution is -0.148. The van der Waals surface area contributed by atoms with E-state index in [-0.39, 0.29) is 18.5 Å². The van der Waals surface area contributed by atoms with Crippen LogP contribution in [0, 0.1) is 5.92 Å². The summed E-state index contributed by atoms with van der Waals surface area (Å²) < 4.78 is 7.43. The van der Waals surface area contributed by atoms with Crippen molar-refractivity contribution in [1.29, 1.82) is 0 Å². The number of benzene rings is 2. The van der Waals surface area contributed by atoms with Crippen LogP contribution in [0.15, 0.2) is 42.5 Å². The van der Waals surface area contributed by atoms with Crippen molar-refractivity contribution >= 4 is 39.4 Å². The predicted octanol–water partition coefficient (Wildman–Crippen LogP) is 4.88. The van der Waals surface area contributed by atoms with Gasteiger partial charge in [-0.15, -0.1) is 0 Å². The Morgan fingerprint density at radius 1 is 1.07 bits per heavy atom. The zero-order chi connectivity index (χ0) is 19.5. The average Bonchev–Trinajstić information content (AvgIpc) is 3.32. The summed E-state index contributed by atoms with van der Waals surface area (Å²) in [7, 11) is 0. The molecule has 1 fully saturated rings. The van der Waals surface area contributed by atoms with Gasteiger partial charge in [0, 0.05) is 40.5 Å². The third-order valence-corrected chi connectivity index (χ3v) is 5.67. The van der Waals surface area contributed by atoms with Gasteiger partial charge >= 0.3 is 5.97 Å². The van der Waals surface area contributed by atoms with Crippen molar-refractivity contribution in [1.82, 2.24) is 4.57 Å². The van der Waals surface area contributed by atoms with E-state index < -0.39 is 0 Å². The van der Waals surface area contributed by atoms with E-state index in [0.29, 0.717) is 18.0 Å². The van der Waals surface area contributed by atoms with Crippen LogP contribution < -0.4 is 5.32 Å². The number of amides is 1. The first-order chi connectivity index (χ1) is 13.7. The lowest BCUT2D eigenvalue weighted by Crippen LogP contribution is -2.21. The largest absolute Gasteiger partial charge is 0.456 e. The number of aromatic nitrogens is 1. The summed E-state index contributed by atoms with van der Waals surface area (Å²) in [4.78, 5) is 24.1. The SMILES string of the molecule is CCn1c2ccccc2c2cc(NC(=O)COC(=O)CC3CCCC3)ccc21. The van der Waals surface area contributed by atoms with Crippen molar-refractivity contribution in [2.24, 2.45) is 5.92 Å². The quantitative estimate of drug-likeness (QED) is 0.622. The van der Waals surface area contributed by atoms with Crippen molar-refractivity contribution in [3.63, 3.8) is 0 Å². The molecule has 1 heterocycles. The molecule has 1 aliphatic rings. The van der Waals surface area contributed by atoms with Crippen molar-refractivity contribution in [2.45, 2.75) is 45.6 Å². The van der Waals surface area contributed by atoms with Crippen LogP contribution in [0.1, 0.15) is 39.0 Å². The van der Waals surface area contributed by atoms with Gasteiger partial charge in [-0.2, -0.15) is 0 Å². The van der Waals surface area contributed by atoms with E-state index in [1.54, 1.807) is 0 Å². The van der Waals surface area contributed by atoms with Gasteiger partial charge in [-0.05, 0) is 49.9 Å². The molecular weight excluding hydrogens is 352 g/mol. The number of nitrogens with zero attached hydrogens (tertiary/aromatic N) is 1. The topological polar surface area (TPSA) is 60.3 Å². The number of hydrogen-bond acceptors (Lipinski definition) is 3. The van der Waals surface area contributed by atoms with E-state index in [1.807, 2.05) is 30.3 Å². The molecule has 0 spiro atoms. The maximum absolute atomic E-state index is 12.2. The van der Waals surface area contributed by atoms with Gasteiger partial charge in [-0.25, -0.2) is 0 Å². The molecule has 1 N–H and O–H groups in total. The number of aryl methyl sites for hydroxylation is 1. The van der Waals surface area contributed by atoms with Crippen LogP contribution >= 0.6 is 0 Å². The molecule has 4 rings (SSSR count). The lowest BCUT2D eigenvalue weighted by atomic mass is 10.1. The fourth-order valence-electron chi connectivity index (χ4n) is 4.32. The highest BCUT2D eigenvalue weighted by Crippen LogP contribution is 2.31. The third kappa shape index (κ3) is 3.75. The van der Waals surface area contributed by atoms with Gasteiger partial charge in [0.2, 0.25) is 0 Å². The second-order valence-corrected chi connectivity index (χ2v) is 7.56. The van der Waals surface area contributed by atoms with E-state index in [2.05, 4.69) is 28.9 Å². The summed E-state index contributed by atoms with van der Waals surface area (Å²) in [5.41, 5.74) is 3.04. The third-order valence-electron chi connectivity index (χ3n) is 5.67. The number of hydrogen-bond donors (Lipinski definition) is 1. The molecule has 2 aromatic carbocycles. The molecule has 28 heavy (non-hydrogen) atoms. The lowest BCUT2D eigenvalue weighted by Gasteiger charge is -2.10. The maximum atomic E-state index is 12.2. The summed E-state index contributed by atoms with van der Waals surface area (Å²) in [6.07, 6.45) is 4.99. The molecule has 0 atom stereocenters. The molecule has 1 aromatic heterocycles. The van der Waals surface area contributed by atoms with Gasteiger partial charge in [-0.3, -0.25) is 9.59 Å². The number of esters is 1. The highest BCUT2D eigenvalue weighted by Gasteiger charge is 2.20. The molecule has 0 radical (unpaired) electrons. The molecule has 0 bridgehead atoms. The maximum Gasteiger partial charge on any atom is 0.306 e. The number of fused-ring (bicyclic) bond motifs is 3. The zero-order valence-electron chi connectivity index (χ0n) is 16.2. The minimum atomic E-state index is -0.307. The highest BCUT2D eigenvalue weighted by molar-refractivity contribution is 6.09. The Bertz CT molecular complexity index is 1020. The minimum absolute atomic E-state index is 0.236. The van der Waals surface area contributed by atoms with Crippen LogP contribution in [0.5, 0.6) is 0 Å². The van der Waals surface area contributed by atoms with Crippen LogP contribution in [-0.4, -0.2) is 23.1 Å². The number of anilines is 1. The van der Waals surface area contributed by atoms with E-state index in [0.717, 1.165) is 30.3 Å². The molecule has 3 aromatic rings. The van der Waals surface area contributed by atoms with Gasteiger partial charge < -0.3 is 14.6 Å². The number of carbonyl (C=O) groups excluding carboxylic acids is 2. The molecule has 5 nitrogen and oxygen atoms in total. The first kappa shape index (κ1) is 18.5. The van der Waals surface area contributed by atoms with E-state index >= 15 is 0 Å². The van der Waals surface area contributed by atoms with Crippen molar-refractivity contribution < 1.29 is 14.3 Å². The fourth-order valence-corrected chi connectivity index (χ4v) is 4.32. The Hall–Kier alpha value is -2.82. The Morgan fingerprint density at radius 2 is 1.82 bits per heavy atom. The summed E-state index contributed by atoms with van der Waals surface area (Å²) in [6, 6.07) is 14.2. The average molecular weight is 378 g/mol. The molecule has 0 saturated heterocycles. The Balaban J connectivity index is 1.43. The van der Waals surface area contributed by atoms with Gasteiger partial charge in [0.15, 0.2) is 6.61 Å².